The van der Waals surface area contributed by atoms with Gasteiger partial charge in [-0.25, -0.2) is 15.0 Å². The summed E-state index contributed by atoms with van der Waals surface area (Å²) in [6.45, 7) is 0. The molecule has 1 heterocycles. The van der Waals surface area contributed by atoms with Crippen molar-refractivity contribution >= 4 is 15.9 Å². The van der Waals surface area contributed by atoms with Crippen LogP contribution in [0.2, 0.25) is 0 Å². The minimum Gasteiger partial charge on any atom is -0.208 e. The predicted molar refractivity (Wildman–Crippen MR) is 194 cm³/mol. The molecule has 230 valence electrons. The van der Waals surface area contributed by atoms with E-state index in [1.165, 1.54) is 49.7 Å². The third-order valence-electron chi connectivity index (χ3n) is 11.2. The van der Waals surface area contributed by atoms with Crippen LogP contribution in [0.15, 0.2) is 138 Å². The van der Waals surface area contributed by atoms with Gasteiger partial charge in [0.15, 0.2) is 17.5 Å². The van der Waals surface area contributed by atoms with Gasteiger partial charge in [0, 0.05) is 21.2 Å². The highest BCUT2D eigenvalue weighted by molar-refractivity contribution is 9.10. The van der Waals surface area contributed by atoms with Crippen molar-refractivity contribution in [1.29, 1.82) is 0 Å². The molecule has 4 aliphatic rings. The van der Waals surface area contributed by atoms with Gasteiger partial charge in [-0.3, -0.25) is 0 Å². The van der Waals surface area contributed by atoms with E-state index in [1.54, 1.807) is 5.56 Å². The van der Waals surface area contributed by atoms with Gasteiger partial charge in [-0.2, -0.15) is 0 Å². The van der Waals surface area contributed by atoms with Gasteiger partial charge in [-0.1, -0.05) is 131 Å². The first-order valence-electron chi connectivity index (χ1n) is 16.9. The fourth-order valence-corrected chi connectivity index (χ4v) is 9.80. The Balaban J connectivity index is 1.09. The number of rotatable bonds is 6. The van der Waals surface area contributed by atoms with Crippen molar-refractivity contribution in [2.75, 3.05) is 0 Å². The lowest BCUT2D eigenvalue weighted by Gasteiger charge is -2.63. The van der Waals surface area contributed by atoms with Gasteiger partial charge in [0.05, 0.1) is 0 Å². The summed E-state index contributed by atoms with van der Waals surface area (Å²) in [6, 6.07) is 47.7. The maximum absolute atomic E-state index is 5.09. The van der Waals surface area contributed by atoms with Crippen LogP contribution in [0, 0.1) is 11.8 Å². The highest BCUT2D eigenvalue weighted by Crippen LogP contribution is 2.66. The normalized spacial score (nSPS) is 24.4. The van der Waals surface area contributed by atoms with Crippen molar-refractivity contribution in [3.63, 3.8) is 0 Å². The molecule has 0 aliphatic heterocycles. The standard InChI is InChI=1S/C43H36BrN3/c44-38-20-18-37(19-21-38)43-26-29-22-30(27-43)25-42(24-29,28-43)36-16-14-33(15-17-36)40-45-39(32-10-5-2-6-11-32)46-41(47-40)35-13-7-12-34(23-35)31-8-3-1-4-9-31/h1-21,23,29-30H,22,24-28H2. The smallest absolute Gasteiger partial charge is 0.164 e. The Hall–Kier alpha value is -4.41. The van der Waals surface area contributed by atoms with Gasteiger partial charge < -0.3 is 0 Å². The Bertz CT molecular complexity index is 2040. The van der Waals surface area contributed by atoms with Gasteiger partial charge in [-0.15, -0.1) is 0 Å². The molecule has 47 heavy (non-hydrogen) atoms. The number of hydrogen-bond donors (Lipinski definition) is 0. The van der Waals surface area contributed by atoms with E-state index in [0.29, 0.717) is 22.9 Å². The van der Waals surface area contributed by atoms with E-state index in [4.69, 9.17) is 15.0 Å². The van der Waals surface area contributed by atoms with Crippen molar-refractivity contribution in [1.82, 2.24) is 15.0 Å². The minimum absolute atomic E-state index is 0.243. The highest BCUT2D eigenvalue weighted by atomic mass is 79.9. The first-order valence-corrected chi connectivity index (χ1v) is 17.7. The van der Waals surface area contributed by atoms with Crippen LogP contribution in [0.25, 0.3) is 45.3 Å². The largest absolute Gasteiger partial charge is 0.208 e. The Morgan fingerprint density at radius 2 is 0.894 bits per heavy atom. The number of hydrogen-bond acceptors (Lipinski definition) is 3. The Morgan fingerprint density at radius 1 is 0.447 bits per heavy atom. The molecule has 1 aromatic heterocycles. The number of aromatic nitrogens is 3. The molecule has 4 bridgehead atoms. The fourth-order valence-electron chi connectivity index (χ4n) is 9.53. The Morgan fingerprint density at radius 3 is 1.47 bits per heavy atom. The molecule has 6 aromatic rings. The molecule has 4 saturated carbocycles. The molecule has 0 N–H and O–H groups in total. The van der Waals surface area contributed by atoms with Gasteiger partial charge in [-0.05, 0) is 102 Å². The van der Waals surface area contributed by atoms with E-state index >= 15 is 0 Å². The third kappa shape index (κ3) is 5.23. The van der Waals surface area contributed by atoms with Gasteiger partial charge in [0.2, 0.25) is 0 Å². The fraction of sp³-hybridized carbons (Fsp3) is 0.233. The summed E-state index contributed by atoms with van der Waals surface area (Å²) in [6.07, 6.45) is 7.96. The molecule has 2 unspecified atom stereocenters. The summed E-state index contributed by atoms with van der Waals surface area (Å²) in [7, 11) is 0. The number of benzene rings is 5. The molecule has 5 aromatic carbocycles. The van der Waals surface area contributed by atoms with Crippen LogP contribution < -0.4 is 0 Å². The Labute approximate surface area is 285 Å². The van der Waals surface area contributed by atoms with Crippen molar-refractivity contribution in [2.45, 2.75) is 49.4 Å². The molecule has 2 atom stereocenters. The molecule has 0 radical (unpaired) electrons. The van der Waals surface area contributed by atoms with Crippen LogP contribution in [0.1, 0.15) is 49.7 Å². The number of halogens is 1. The zero-order valence-corrected chi connectivity index (χ0v) is 27.9. The van der Waals surface area contributed by atoms with Crippen molar-refractivity contribution < 1.29 is 0 Å². The number of nitrogens with zero attached hydrogens (tertiary/aromatic N) is 3. The van der Waals surface area contributed by atoms with Gasteiger partial charge >= 0.3 is 0 Å². The lowest BCUT2D eigenvalue weighted by molar-refractivity contribution is -0.0281. The first kappa shape index (κ1) is 28.8. The molecule has 4 heteroatoms. The summed E-state index contributed by atoms with van der Waals surface area (Å²) in [5.41, 5.74) is 8.89. The van der Waals surface area contributed by atoms with Crippen LogP contribution in [0.5, 0.6) is 0 Å². The van der Waals surface area contributed by atoms with E-state index in [0.717, 1.165) is 38.6 Å². The third-order valence-corrected chi connectivity index (χ3v) is 11.7. The lowest BCUT2D eigenvalue weighted by atomic mass is 9.42. The minimum atomic E-state index is 0.243. The zero-order chi connectivity index (χ0) is 31.4. The summed E-state index contributed by atoms with van der Waals surface area (Å²) in [4.78, 5) is 15.1. The van der Waals surface area contributed by atoms with Crippen LogP contribution in [0.3, 0.4) is 0 Å². The first-order chi connectivity index (χ1) is 23.0. The monoisotopic (exact) mass is 673 g/mol. The Kier molecular flexibility index (Phi) is 6.97. The molecule has 4 aliphatic carbocycles. The van der Waals surface area contributed by atoms with Crippen molar-refractivity contribution in [2.24, 2.45) is 11.8 Å². The summed E-state index contributed by atoms with van der Waals surface area (Å²) in [5.74, 6) is 3.71. The molecule has 4 fully saturated rings. The maximum Gasteiger partial charge on any atom is 0.164 e. The quantitative estimate of drug-likeness (QED) is 0.177. The second-order valence-corrected chi connectivity index (χ2v) is 15.1. The maximum atomic E-state index is 5.09. The van der Waals surface area contributed by atoms with Crippen LogP contribution in [0.4, 0.5) is 0 Å². The van der Waals surface area contributed by atoms with Crippen LogP contribution in [-0.4, -0.2) is 15.0 Å². The van der Waals surface area contributed by atoms with Crippen molar-refractivity contribution in [3.05, 3.63) is 149 Å². The highest BCUT2D eigenvalue weighted by Gasteiger charge is 2.58. The van der Waals surface area contributed by atoms with E-state index in [1.807, 2.05) is 24.3 Å². The molecule has 0 spiro atoms. The molecular formula is C43H36BrN3. The molecule has 3 nitrogen and oxygen atoms in total. The average molecular weight is 675 g/mol. The summed E-state index contributed by atoms with van der Waals surface area (Å²) >= 11 is 3.66. The zero-order valence-electron chi connectivity index (χ0n) is 26.3. The molecule has 0 amide bonds. The van der Waals surface area contributed by atoms with E-state index in [-0.39, 0.29) is 5.41 Å². The molecule has 0 saturated heterocycles. The molecule has 10 rings (SSSR count). The molecular weight excluding hydrogens is 638 g/mol. The van der Waals surface area contributed by atoms with E-state index in [9.17, 15) is 0 Å². The average Bonchev–Trinajstić information content (AvgIpc) is 3.12. The van der Waals surface area contributed by atoms with Crippen LogP contribution in [-0.2, 0) is 10.8 Å². The summed E-state index contributed by atoms with van der Waals surface area (Å²) in [5, 5.41) is 0. The second kappa shape index (κ2) is 11.4. The SMILES string of the molecule is Brc1ccc(C23CC4CC(C2)CC(c2ccc(-c5nc(-c6ccccc6)nc(-c6cccc(-c7ccccc7)c6)n5)cc2)(C4)C3)cc1. The van der Waals surface area contributed by atoms with Gasteiger partial charge in [0.25, 0.3) is 0 Å². The van der Waals surface area contributed by atoms with E-state index in [2.05, 4.69) is 125 Å². The van der Waals surface area contributed by atoms with Gasteiger partial charge in [0.1, 0.15) is 0 Å². The lowest BCUT2D eigenvalue weighted by Crippen LogP contribution is -2.55. The van der Waals surface area contributed by atoms with Crippen molar-refractivity contribution in [3.8, 4) is 45.3 Å². The predicted octanol–water partition coefficient (Wildman–Crippen LogP) is 11.1. The second-order valence-electron chi connectivity index (χ2n) is 14.2. The topological polar surface area (TPSA) is 38.7 Å². The van der Waals surface area contributed by atoms with Crippen LogP contribution >= 0.6 is 15.9 Å². The van der Waals surface area contributed by atoms with E-state index < -0.39 is 0 Å². The summed E-state index contributed by atoms with van der Waals surface area (Å²) < 4.78 is 1.16.